The highest BCUT2D eigenvalue weighted by Gasteiger charge is 2.09. The number of amides is 1. The molecule has 154 valence electrons. The number of aromatic nitrogens is 5. The van der Waals surface area contributed by atoms with Gasteiger partial charge in [-0.3, -0.25) is 4.79 Å². The van der Waals surface area contributed by atoms with Crippen LogP contribution in [0.15, 0.2) is 59.0 Å². The fourth-order valence-electron chi connectivity index (χ4n) is 3.23. The molecule has 0 aliphatic carbocycles. The number of benzene rings is 2. The molecule has 0 radical (unpaired) electrons. The third-order valence-electron chi connectivity index (χ3n) is 4.83. The Morgan fingerprint density at radius 3 is 2.53 bits per heavy atom. The van der Waals surface area contributed by atoms with Gasteiger partial charge in [-0.05, 0) is 30.5 Å². The molecule has 0 saturated carbocycles. The number of hydrogen-bond acceptors (Lipinski definition) is 6. The number of hydrogen-bond donors (Lipinski definition) is 1. The Bertz CT molecular complexity index is 1090. The summed E-state index contributed by atoms with van der Waals surface area (Å²) in [4.78, 5) is 12.1. The van der Waals surface area contributed by atoms with E-state index in [1.165, 1.54) is 5.56 Å². The molecule has 1 N–H and O–H groups in total. The largest absolute Gasteiger partial charge is 0.425 e. The predicted octanol–water partition coefficient (Wildman–Crippen LogP) is 2.74. The van der Waals surface area contributed by atoms with E-state index in [4.69, 9.17) is 4.42 Å². The van der Waals surface area contributed by atoms with Crippen LogP contribution in [0.4, 0.5) is 0 Å². The van der Waals surface area contributed by atoms with Crippen molar-refractivity contribution in [1.29, 1.82) is 0 Å². The first-order valence-corrected chi connectivity index (χ1v) is 10.2. The van der Waals surface area contributed by atoms with Crippen molar-refractivity contribution in [3.8, 4) is 0 Å². The minimum Gasteiger partial charge on any atom is -0.425 e. The Balaban J connectivity index is 1.14. The fraction of sp³-hybridized carbons (Fsp3) is 0.318. The van der Waals surface area contributed by atoms with Crippen molar-refractivity contribution in [3.63, 3.8) is 0 Å². The van der Waals surface area contributed by atoms with Crippen molar-refractivity contribution in [1.82, 2.24) is 30.5 Å². The molecule has 2 heterocycles. The Morgan fingerprint density at radius 2 is 1.67 bits per heavy atom. The van der Waals surface area contributed by atoms with Gasteiger partial charge < -0.3 is 9.73 Å². The summed E-state index contributed by atoms with van der Waals surface area (Å²) in [6.07, 6.45) is 3.10. The number of nitrogens with one attached hydrogen (secondary N) is 1. The van der Waals surface area contributed by atoms with Crippen LogP contribution in [0.1, 0.15) is 30.2 Å². The molecule has 2 aromatic carbocycles. The summed E-state index contributed by atoms with van der Waals surface area (Å²) in [7, 11) is 0. The average Bonchev–Trinajstić information content (AvgIpc) is 3.41. The quantitative estimate of drug-likeness (QED) is 0.408. The van der Waals surface area contributed by atoms with E-state index in [0.29, 0.717) is 44.1 Å². The minimum absolute atomic E-state index is 0.0255. The van der Waals surface area contributed by atoms with E-state index in [0.717, 1.165) is 23.9 Å². The van der Waals surface area contributed by atoms with Crippen LogP contribution in [0.25, 0.3) is 11.0 Å². The molecule has 8 nitrogen and oxygen atoms in total. The number of aryl methyl sites for hydroxylation is 4. The normalized spacial score (nSPS) is 11.1. The van der Waals surface area contributed by atoms with Gasteiger partial charge >= 0.3 is 0 Å². The number of fused-ring (bicyclic) bond motifs is 1. The van der Waals surface area contributed by atoms with Crippen LogP contribution < -0.4 is 5.32 Å². The molecule has 1 amide bonds. The molecule has 8 heteroatoms. The van der Waals surface area contributed by atoms with E-state index >= 15 is 0 Å². The standard InChI is InChI=1S/C22H24N6O2/c29-20(23-15-6-16-28-19-10-5-4-9-18(19)24-27-28)12-14-22-26-25-21(30-22)13-11-17-7-2-1-3-8-17/h1-5,7-10H,6,11-16H2,(H,23,29). The zero-order chi connectivity index (χ0) is 20.6. The maximum atomic E-state index is 12.1. The predicted molar refractivity (Wildman–Crippen MR) is 112 cm³/mol. The van der Waals surface area contributed by atoms with Crippen molar-refractivity contribution in [2.45, 2.75) is 38.6 Å². The number of rotatable bonds is 10. The molecule has 4 aromatic rings. The van der Waals surface area contributed by atoms with Crippen LogP contribution in [0.2, 0.25) is 0 Å². The highest BCUT2D eigenvalue weighted by atomic mass is 16.4. The Hall–Kier alpha value is -3.55. The van der Waals surface area contributed by atoms with Gasteiger partial charge in [-0.2, -0.15) is 0 Å². The summed E-state index contributed by atoms with van der Waals surface area (Å²) in [5.41, 5.74) is 3.11. The molecule has 0 bridgehead atoms. The Morgan fingerprint density at radius 1 is 0.900 bits per heavy atom. The molecule has 0 spiro atoms. The summed E-state index contributed by atoms with van der Waals surface area (Å²) in [5.74, 6) is 1.08. The van der Waals surface area contributed by atoms with Gasteiger partial charge in [0.1, 0.15) is 5.52 Å². The first-order chi connectivity index (χ1) is 14.8. The summed E-state index contributed by atoms with van der Waals surface area (Å²) in [5, 5.41) is 19.3. The Labute approximate surface area is 174 Å². The molecule has 0 fully saturated rings. The maximum Gasteiger partial charge on any atom is 0.220 e. The van der Waals surface area contributed by atoms with Crippen molar-refractivity contribution < 1.29 is 9.21 Å². The summed E-state index contributed by atoms with van der Waals surface area (Å²) in [6, 6.07) is 18.0. The van der Waals surface area contributed by atoms with Crippen LogP contribution in [-0.2, 0) is 30.6 Å². The van der Waals surface area contributed by atoms with Gasteiger partial charge in [0.15, 0.2) is 0 Å². The molecule has 0 atom stereocenters. The first-order valence-electron chi connectivity index (χ1n) is 10.2. The highest BCUT2D eigenvalue weighted by molar-refractivity contribution is 5.76. The summed E-state index contributed by atoms with van der Waals surface area (Å²) >= 11 is 0. The van der Waals surface area contributed by atoms with Crippen molar-refractivity contribution in [3.05, 3.63) is 71.9 Å². The van der Waals surface area contributed by atoms with Gasteiger partial charge in [0, 0.05) is 32.4 Å². The van der Waals surface area contributed by atoms with Crippen LogP contribution >= 0.6 is 0 Å². The van der Waals surface area contributed by atoms with Crippen LogP contribution in [0, 0.1) is 0 Å². The van der Waals surface area contributed by atoms with Crippen LogP contribution in [0.3, 0.4) is 0 Å². The average molecular weight is 404 g/mol. The van der Waals surface area contributed by atoms with Gasteiger partial charge in [0.25, 0.3) is 0 Å². The maximum absolute atomic E-state index is 12.1. The van der Waals surface area contributed by atoms with Gasteiger partial charge in [-0.1, -0.05) is 47.7 Å². The monoisotopic (exact) mass is 404 g/mol. The van der Waals surface area contributed by atoms with Gasteiger partial charge in [0.2, 0.25) is 17.7 Å². The molecular weight excluding hydrogens is 380 g/mol. The molecule has 0 saturated heterocycles. The SMILES string of the molecule is O=C(CCc1nnc(CCc2ccccc2)o1)NCCCn1nnc2ccccc21. The third kappa shape index (κ3) is 5.28. The lowest BCUT2D eigenvalue weighted by Gasteiger charge is -2.05. The van der Waals surface area contributed by atoms with Gasteiger partial charge in [0.05, 0.1) is 5.52 Å². The van der Waals surface area contributed by atoms with E-state index < -0.39 is 0 Å². The van der Waals surface area contributed by atoms with Crippen molar-refractivity contribution >= 4 is 16.9 Å². The smallest absolute Gasteiger partial charge is 0.220 e. The highest BCUT2D eigenvalue weighted by Crippen LogP contribution is 2.10. The number of carbonyl (C=O) groups excluding carboxylic acids is 1. The first kappa shape index (κ1) is 19.8. The zero-order valence-corrected chi connectivity index (χ0v) is 16.7. The lowest BCUT2D eigenvalue weighted by molar-refractivity contribution is -0.121. The lowest BCUT2D eigenvalue weighted by Crippen LogP contribution is -2.25. The lowest BCUT2D eigenvalue weighted by atomic mass is 10.1. The van der Waals surface area contributed by atoms with Crippen molar-refractivity contribution in [2.24, 2.45) is 0 Å². The van der Waals surface area contributed by atoms with Gasteiger partial charge in [-0.15, -0.1) is 15.3 Å². The fourth-order valence-corrected chi connectivity index (χ4v) is 3.23. The van der Waals surface area contributed by atoms with Crippen LogP contribution in [-0.4, -0.2) is 37.6 Å². The number of nitrogens with zero attached hydrogens (tertiary/aromatic N) is 5. The van der Waals surface area contributed by atoms with Crippen molar-refractivity contribution in [2.75, 3.05) is 6.54 Å². The second-order valence-electron chi connectivity index (χ2n) is 7.08. The number of carbonyl (C=O) groups is 1. The van der Waals surface area contributed by atoms with Crippen LogP contribution in [0.5, 0.6) is 0 Å². The van der Waals surface area contributed by atoms with E-state index in [1.54, 1.807) is 0 Å². The molecule has 0 aliphatic rings. The molecule has 4 rings (SSSR count). The van der Waals surface area contributed by atoms with E-state index in [-0.39, 0.29) is 5.91 Å². The second-order valence-corrected chi connectivity index (χ2v) is 7.08. The molecule has 0 aliphatic heterocycles. The van der Waals surface area contributed by atoms with E-state index in [9.17, 15) is 4.79 Å². The minimum atomic E-state index is -0.0255. The third-order valence-corrected chi connectivity index (χ3v) is 4.83. The Kier molecular flexibility index (Phi) is 6.44. The zero-order valence-electron chi connectivity index (χ0n) is 16.7. The van der Waals surface area contributed by atoms with E-state index in [1.807, 2.05) is 47.1 Å². The molecular formula is C22H24N6O2. The van der Waals surface area contributed by atoms with E-state index in [2.05, 4.69) is 38.0 Å². The molecule has 30 heavy (non-hydrogen) atoms. The summed E-state index contributed by atoms with van der Waals surface area (Å²) < 4.78 is 7.51. The topological polar surface area (TPSA) is 98.7 Å². The molecule has 2 aromatic heterocycles. The van der Waals surface area contributed by atoms with Gasteiger partial charge in [-0.25, -0.2) is 4.68 Å². The number of para-hydroxylation sites is 1. The molecule has 0 unspecified atom stereocenters. The summed E-state index contributed by atoms with van der Waals surface area (Å²) in [6.45, 7) is 1.29. The second kappa shape index (κ2) is 9.78.